The van der Waals surface area contributed by atoms with E-state index in [1.807, 2.05) is 0 Å². The Hall–Kier alpha value is -0.610. The normalized spacial score (nSPS) is 31.9. The number of hydrogen-bond acceptors (Lipinski definition) is 3. The van der Waals surface area contributed by atoms with E-state index in [1.165, 1.54) is 0 Å². The Balaban J connectivity index is 2.71. The van der Waals surface area contributed by atoms with Gasteiger partial charge in [-0.3, -0.25) is 4.79 Å². The summed E-state index contributed by atoms with van der Waals surface area (Å²) in [5.41, 5.74) is -1.62. The fraction of sp³-hybridized carbons (Fsp3) is 0.909. The van der Waals surface area contributed by atoms with Gasteiger partial charge in [0.2, 0.25) is 0 Å². The van der Waals surface area contributed by atoms with Gasteiger partial charge in [0.25, 0.3) is 0 Å². The summed E-state index contributed by atoms with van der Waals surface area (Å²) in [4.78, 5) is 11.3. The van der Waals surface area contributed by atoms with Gasteiger partial charge in [-0.05, 0) is 40.0 Å². The summed E-state index contributed by atoms with van der Waals surface area (Å²) in [5.74, 6) is -0.809. The molecule has 4 heteroatoms. The van der Waals surface area contributed by atoms with E-state index in [9.17, 15) is 15.0 Å². The van der Waals surface area contributed by atoms with Crippen LogP contribution in [-0.4, -0.2) is 34.5 Å². The molecule has 0 aliphatic carbocycles. The lowest BCUT2D eigenvalue weighted by Crippen LogP contribution is -2.39. The Morgan fingerprint density at radius 2 is 2.20 bits per heavy atom. The van der Waals surface area contributed by atoms with Gasteiger partial charge < -0.3 is 14.9 Å². The maximum atomic E-state index is 11.3. The monoisotopic (exact) mass is 216 g/mol. The Morgan fingerprint density at radius 3 is 2.53 bits per heavy atom. The summed E-state index contributed by atoms with van der Waals surface area (Å²) in [5, 5.41) is 18.9. The third-order valence-corrected chi connectivity index (χ3v) is 3.30. The molecule has 0 amide bonds. The van der Waals surface area contributed by atoms with Gasteiger partial charge in [-0.2, -0.15) is 0 Å². The molecule has 1 fully saturated rings. The topological polar surface area (TPSA) is 66.8 Å². The SMILES string of the molecule is CC1OCCC1(CCC(C)(C)O)C(=O)O. The third-order valence-electron chi connectivity index (χ3n) is 3.30. The zero-order valence-electron chi connectivity index (χ0n) is 9.62. The molecule has 88 valence electrons. The lowest BCUT2D eigenvalue weighted by molar-refractivity contribution is -0.153. The summed E-state index contributed by atoms with van der Waals surface area (Å²) in [6, 6.07) is 0. The van der Waals surface area contributed by atoms with E-state index >= 15 is 0 Å². The fourth-order valence-electron chi connectivity index (χ4n) is 2.03. The first-order valence-corrected chi connectivity index (χ1v) is 5.35. The molecule has 2 atom stereocenters. The van der Waals surface area contributed by atoms with E-state index in [0.717, 1.165) is 0 Å². The molecule has 1 aliphatic heterocycles. The largest absolute Gasteiger partial charge is 0.481 e. The van der Waals surface area contributed by atoms with Crippen LogP contribution in [0, 0.1) is 5.41 Å². The van der Waals surface area contributed by atoms with Crippen molar-refractivity contribution in [1.29, 1.82) is 0 Å². The maximum Gasteiger partial charge on any atom is 0.312 e. The molecule has 1 aliphatic rings. The summed E-state index contributed by atoms with van der Waals surface area (Å²) in [7, 11) is 0. The van der Waals surface area contributed by atoms with Crippen molar-refractivity contribution in [3.8, 4) is 0 Å². The molecular weight excluding hydrogens is 196 g/mol. The zero-order valence-corrected chi connectivity index (χ0v) is 9.62. The van der Waals surface area contributed by atoms with Crippen molar-refractivity contribution in [2.24, 2.45) is 5.41 Å². The number of carboxylic acids is 1. The standard InChI is InChI=1S/C11H20O4/c1-8-11(9(12)13,6-7-15-8)5-4-10(2,3)14/h8,14H,4-7H2,1-3H3,(H,12,13). The molecule has 0 aromatic carbocycles. The number of carboxylic acid groups (broad SMARTS) is 1. The van der Waals surface area contributed by atoms with Crippen LogP contribution in [0.3, 0.4) is 0 Å². The molecule has 0 aromatic heterocycles. The van der Waals surface area contributed by atoms with Crippen LogP contribution in [0.2, 0.25) is 0 Å². The molecule has 0 saturated carbocycles. The minimum Gasteiger partial charge on any atom is -0.481 e. The smallest absolute Gasteiger partial charge is 0.312 e. The molecule has 1 rings (SSSR count). The first-order valence-electron chi connectivity index (χ1n) is 5.35. The average molecular weight is 216 g/mol. The van der Waals surface area contributed by atoms with E-state index in [0.29, 0.717) is 25.9 Å². The molecule has 0 bridgehead atoms. The van der Waals surface area contributed by atoms with Gasteiger partial charge >= 0.3 is 5.97 Å². The van der Waals surface area contributed by atoms with Crippen molar-refractivity contribution >= 4 is 5.97 Å². The zero-order chi connectivity index (χ0) is 11.7. The Kier molecular flexibility index (Phi) is 3.41. The molecule has 2 N–H and O–H groups in total. The van der Waals surface area contributed by atoms with Crippen molar-refractivity contribution in [1.82, 2.24) is 0 Å². The highest BCUT2D eigenvalue weighted by atomic mass is 16.5. The van der Waals surface area contributed by atoms with E-state index in [-0.39, 0.29) is 6.10 Å². The third kappa shape index (κ3) is 2.69. The molecule has 0 spiro atoms. The van der Waals surface area contributed by atoms with Crippen molar-refractivity contribution in [2.45, 2.75) is 51.7 Å². The number of ether oxygens (including phenoxy) is 1. The molecule has 4 nitrogen and oxygen atoms in total. The number of carbonyl (C=O) groups is 1. The van der Waals surface area contributed by atoms with Crippen molar-refractivity contribution in [3.63, 3.8) is 0 Å². The van der Waals surface area contributed by atoms with E-state index in [4.69, 9.17) is 4.74 Å². The van der Waals surface area contributed by atoms with Gasteiger partial charge in [-0.25, -0.2) is 0 Å². The number of aliphatic hydroxyl groups is 1. The van der Waals surface area contributed by atoms with Crippen molar-refractivity contribution in [2.75, 3.05) is 6.61 Å². The van der Waals surface area contributed by atoms with Gasteiger partial charge in [-0.15, -0.1) is 0 Å². The predicted molar refractivity (Wildman–Crippen MR) is 55.6 cm³/mol. The first kappa shape index (κ1) is 12.5. The number of rotatable bonds is 4. The van der Waals surface area contributed by atoms with Crippen LogP contribution < -0.4 is 0 Å². The summed E-state index contributed by atoms with van der Waals surface area (Å²) >= 11 is 0. The van der Waals surface area contributed by atoms with Crippen LogP contribution in [0.4, 0.5) is 0 Å². The Bertz CT molecular complexity index is 243. The van der Waals surface area contributed by atoms with Crippen molar-refractivity contribution in [3.05, 3.63) is 0 Å². The molecular formula is C11H20O4. The fourth-order valence-corrected chi connectivity index (χ4v) is 2.03. The Morgan fingerprint density at radius 1 is 1.60 bits per heavy atom. The predicted octanol–water partition coefficient (Wildman–Crippen LogP) is 1.42. The quantitative estimate of drug-likeness (QED) is 0.745. The van der Waals surface area contributed by atoms with Crippen LogP contribution in [0.5, 0.6) is 0 Å². The minimum absolute atomic E-state index is 0.266. The number of hydrogen-bond donors (Lipinski definition) is 2. The maximum absolute atomic E-state index is 11.3. The number of aliphatic carboxylic acids is 1. The van der Waals surface area contributed by atoms with Gasteiger partial charge in [0.15, 0.2) is 0 Å². The lowest BCUT2D eigenvalue weighted by Gasteiger charge is -2.30. The second kappa shape index (κ2) is 4.10. The summed E-state index contributed by atoms with van der Waals surface area (Å²) in [6.45, 7) is 5.69. The molecule has 0 aromatic rings. The highest BCUT2D eigenvalue weighted by Gasteiger charge is 2.48. The second-order valence-electron chi connectivity index (χ2n) is 5.04. The van der Waals surface area contributed by atoms with Gasteiger partial charge in [0.05, 0.1) is 17.1 Å². The van der Waals surface area contributed by atoms with E-state index in [2.05, 4.69) is 0 Å². The average Bonchev–Trinajstić information content (AvgIpc) is 2.43. The van der Waals surface area contributed by atoms with Gasteiger partial charge in [0, 0.05) is 6.61 Å². The molecule has 1 heterocycles. The van der Waals surface area contributed by atoms with Crippen LogP contribution in [0.1, 0.15) is 40.0 Å². The minimum atomic E-state index is -0.815. The van der Waals surface area contributed by atoms with Crippen LogP contribution >= 0.6 is 0 Å². The lowest BCUT2D eigenvalue weighted by atomic mass is 9.75. The molecule has 15 heavy (non-hydrogen) atoms. The summed E-state index contributed by atoms with van der Waals surface area (Å²) < 4.78 is 5.33. The highest BCUT2D eigenvalue weighted by molar-refractivity contribution is 5.75. The van der Waals surface area contributed by atoms with Crippen LogP contribution in [-0.2, 0) is 9.53 Å². The van der Waals surface area contributed by atoms with E-state index in [1.54, 1.807) is 20.8 Å². The summed E-state index contributed by atoms with van der Waals surface area (Å²) in [6.07, 6.45) is 1.22. The first-order chi connectivity index (χ1) is 6.78. The molecule has 2 unspecified atom stereocenters. The van der Waals surface area contributed by atoms with Crippen LogP contribution in [0.15, 0.2) is 0 Å². The van der Waals surface area contributed by atoms with Crippen molar-refractivity contribution < 1.29 is 19.7 Å². The second-order valence-corrected chi connectivity index (χ2v) is 5.04. The van der Waals surface area contributed by atoms with Gasteiger partial charge in [0.1, 0.15) is 0 Å². The highest BCUT2D eigenvalue weighted by Crippen LogP contribution is 2.40. The van der Waals surface area contributed by atoms with E-state index < -0.39 is 17.0 Å². The van der Waals surface area contributed by atoms with Crippen LogP contribution in [0.25, 0.3) is 0 Å². The van der Waals surface area contributed by atoms with Gasteiger partial charge in [-0.1, -0.05) is 0 Å². The molecule has 0 radical (unpaired) electrons. The Labute approximate surface area is 90.2 Å². The molecule has 1 saturated heterocycles.